The Morgan fingerprint density at radius 1 is 1.07 bits per heavy atom. The highest BCUT2D eigenvalue weighted by molar-refractivity contribution is 5.85. The molecule has 0 amide bonds. The van der Waals surface area contributed by atoms with Gasteiger partial charge in [-0.2, -0.15) is 10.2 Å². The number of halogens is 1. The number of hydrogen-bond donors (Lipinski definition) is 0. The van der Waals surface area contributed by atoms with Gasteiger partial charge in [-0.3, -0.25) is 0 Å². The second kappa shape index (κ2) is 7.40. The first-order valence-electron chi connectivity index (χ1n) is 10.5. The number of fused-ring (bicyclic) bond motifs is 2. The highest BCUT2D eigenvalue weighted by Gasteiger charge is 2.22. The van der Waals surface area contributed by atoms with Crippen LogP contribution in [0.2, 0.25) is 0 Å². The Balaban J connectivity index is 1.52. The molecule has 0 aliphatic carbocycles. The molecule has 4 aromatic rings. The highest BCUT2D eigenvalue weighted by atomic mass is 19.1. The number of pyridine rings is 1. The summed E-state index contributed by atoms with van der Waals surface area (Å²) >= 11 is 0. The summed E-state index contributed by atoms with van der Waals surface area (Å²) in [6.45, 7) is 9.09. The maximum Gasteiger partial charge on any atom is 0.247 e. The van der Waals surface area contributed by atoms with E-state index < -0.39 is 0 Å². The molecule has 0 spiro atoms. The van der Waals surface area contributed by atoms with Crippen molar-refractivity contribution < 1.29 is 8.81 Å². The highest BCUT2D eigenvalue weighted by Crippen LogP contribution is 2.31. The number of likely N-dealkylation sites (tertiary alicyclic amines) is 1. The molecule has 0 atom stereocenters. The number of benzene rings is 1. The molecular formula is C23H24FN5O. The van der Waals surface area contributed by atoms with Crippen LogP contribution >= 0.6 is 0 Å². The van der Waals surface area contributed by atoms with Gasteiger partial charge in [-0.15, -0.1) is 0 Å². The molecule has 0 saturated carbocycles. The van der Waals surface area contributed by atoms with Gasteiger partial charge in [0.15, 0.2) is 5.89 Å². The Labute approximate surface area is 174 Å². The van der Waals surface area contributed by atoms with Crippen LogP contribution in [0.4, 0.5) is 4.39 Å². The summed E-state index contributed by atoms with van der Waals surface area (Å²) in [5.74, 6) is 0.591. The van der Waals surface area contributed by atoms with Gasteiger partial charge in [0.1, 0.15) is 11.3 Å². The van der Waals surface area contributed by atoms with Crippen molar-refractivity contribution >= 4 is 22.1 Å². The maximum absolute atomic E-state index is 15.1. The molecule has 4 heterocycles. The van der Waals surface area contributed by atoms with Crippen molar-refractivity contribution in [3.8, 4) is 11.3 Å². The average Bonchev–Trinajstić information content (AvgIpc) is 3.14. The van der Waals surface area contributed by atoms with Crippen molar-refractivity contribution in [3.63, 3.8) is 0 Å². The van der Waals surface area contributed by atoms with Crippen LogP contribution < -0.4 is 0 Å². The quantitative estimate of drug-likeness (QED) is 0.488. The molecule has 1 aromatic carbocycles. The van der Waals surface area contributed by atoms with Gasteiger partial charge in [0.2, 0.25) is 5.71 Å². The predicted molar refractivity (Wildman–Crippen MR) is 114 cm³/mol. The van der Waals surface area contributed by atoms with Crippen molar-refractivity contribution in [2.75, 3.05) is 19.6 Å². The Hall–Kier alpha value is -2.93. The fraction of sp³-hybridized carbons (Fsp3) is 0.391. The van der Waals surface area contributed by atoms with Crippen LogP contribution in [0.5, 0.6) is 0 Å². The Bertz CT molecular complexity index is 1240. The molecule has 0 radical (unpaired) electrons. The van der Waals surface area contributed by atoms with Gasteiger partial charge in [0.05, 0.1) is 16.9 Å². The first-order valence-corrected chi connectivity index (χ1v) is 10.5. The normalized spacial score (nSPS) is 16.0. The first kappa shape index (κ1) is 19.1. The number of nitrogens with zero attached hydrogens (tertiary/aromatic N) is 5. The van der Waals surface area contributed by atoms with E-state index in [2.05, 4.69) is 32.0 Å². The predicted octanol–water partition coefficient (Wildman–Crippen LogP) is 4.79. The number of hydrogen-bond acceptors (Lipinski definition) is 6. The lowest BCUT2D eigenvalue weighted by molar-refractivity contribution is 0.220. The van der Waals surface area contributed by atoms with Crippen molar-refractivity contribution in [2.24, 2.45) is 0 Å². The zero-order valence-electron chi connectivity index (χ0n) is 17.4. The zero-order chi connectivity index (χ0) is 20.8. The van der Waals surface area contributed by atoms with E-state index in [4.69, 9.17) is 4.42 Å². The lowest BCUT2D eigenvalue weighted by Crippen LogP contribution is -2.32. The van der Waals surface area contributed by atoms with E-state index in [-0.39, 0.29) is 5.82 Å². The number of piperidine rings is 1. The molecule has 30 heavy (non-hydrogen) atoms. The van der Waals surface area contributed by atoms with Gasteiger partial charge < -0.3 is 9.32 Å². The van der Waals surface area contributed by atoms with E-state index in [1.54, 1.807) is 6.92 Å². The number of aromatic nitrogens is 4. The Morgan fingerprint density at radius 3 is 2.63 bits per heavy atom. The molecule has 1 saturated heterocycles. The summed E-state index contributed by atoms with van der Waals surface area (Å²) in [6.07, 6.45) is 2.07. The molecule has 7 heteroatoms. The molecule has 0 N–H and O–H groups in total. The summed E-state index contributed by atoms with van der Waals surface area (Å²) < 4.78 is 20.7. The van der Waals surface area contributed by atoms with E-state index in [1.807, 2.05) is 25.1 Å². The minimum atomic E-state index is -0.307. The number of rotatable bonds is 3. The minimum Gasteiger partial charge on any atom is -0.423 e. The molecular weight excluding hydrogens is 381 g/mol. The molecule has 6 nitrogen and oxygen atoms in total. The average molecular weight is 405 g/mol. The fourth-order valence-corrected chi connectivity index (χ4v) is 4.32. The van der Waals surface area contributed by atoms with Gasteiger partial charge in [0, 0.05) is 23.8 Å². The van der Waals surface area contributed by atoms with Crippen molar-refractivity contribution in [1.29, 1.82) is 0 Å². The summed E-state index contributed by atoms with van der Waals surface area (Å²) in [7, 11) is 0. The molecule has 5 rings (SSSR count). The van der Waals surface area contributed by atoms with Crippen LogP contribution in [0.3, 0.4) is 0 Å². The second-order valence-corrected chi connectivity index (χ2v) is 8.08. The van der Waals surface area contributed by atoms with E-state index in [9.17, 15) is 0 Å². The van der Waals surface area contributed by atoms with Crippen molar-refractivity contribution in [2.45, 2.75) is 39.5 Å². The molecule has 0 unspecified atom stereocenters. The van der Waals surface area contributed by atoms with Crippen LogP contribution in [-0.2, 0) is 0 Å². The Morgan fingerprint density at radius 2 is 1.87 bits per heavy atom. The summed E-state index contributed by atoms with van der Waals surface area (Å²) in [5.41, 5.74) is 4.84. The van der Waals surface area contributed by atoms with Crippen LogP contribution in [0.1, 0.15) is 42.8 Å². The van der Waals surface area contributed by atoms with E-state index >= 15 is 4.39 Å². The zero-order valence-corrected chi connectivity index (χ0v) is 17.4. The lowest BCUT2D eigenvalue weighted by atomic mass is 9.92. The fourth-order valence-electron chi connectivity index (χ4n) is 4.32. The molecule has 1 fully saturated rings. The van der Waals surface area contributed by atoms with Crippen LogP contribution in [-0.4, -0.2) is 44.7 Å². The summed E-state index contributed by atoms with van der Waals surface area (Å²) in [4.78, 5) is 11.3. The Kier molecular flexibility index (Phi) is 4.70. The van der Waals surface area contributed by atoms with Crippen LogP contribution in [0, 0.1) is 19.7 Å². The van der Waals surface area contributed by atoms with Gasteiger partial charge in [-0.1, -0.05) is 6.92 Å². The summed E-state index contributed by atoms with van der Waals surface area (Å²) in [5, 5.41) is 9.32. The third-order valence-corrected chi connectivity index (χ3v) is 6.09. The first-order chi connectivity index (χ1) is 14.5. The van der Waals surface area contributed by atoms with E-state index in [0.717, 1.165) is 49.2 Å². The number of oxazole rings is 1. The monoisotopic (exact) mass is 405 g/mol. The minimum absolute atomic E-state index is 0.307. The van der Waals surface area contributed by atoms with Crippen LogP contribution in [0.25, 0.3) is 33.4 Å². The second-order valence-electron chi connectivity index (χ2n) is 8.08. The van der Waals surface area contributed by atoms with E-state index in [0.29, 0.717) is 39.7 Å². The molecule has 1 aliphatic heterocycles. The smallest absolute Gasteiger partial charge is 0.247 e. The standard InChI is InChI=1S/C23H24FN5O/c1-4-29-7-5-15(6-8-29)20-12-17-18(24)10-16(11-21(17)28-27-20)19-9-13(2)22-23(26-19)30-14(3)25-22/h9-12,15H,4-8H2,1-3H3. The van der Waals surface area contributed by atoms with E-state index in [1.165, 1.54) is 6.07 Å². The molecule has 3 aromatic heterocycles. The third kappa shape index (κ3) is 3.33. The third-order valence-electron chi connectivity index (χ3n) is 6.09. The van der Waals surface area contributed by atoms with Gasteiger partial charge in [-0.25, -0.2) is 14.4 Å². The van der Waals surface area contributed by atoms with Gasteiger partial charge in [-0.05, 0) is 69.2 Å². The molecule has 154 valence electrons. The van der Waals surface area contributed by atoms with Crippen LogP contribution in [0.15, 0.2) is 28.7 Å². The molecule has 1 aliphatic rings. The number of aryl methyl sites for hydroxylation is 2. The largest absolute Gasteiger partial charge is 0.423 e. The topological polar surface area (TPSA) is 67.9 Å². The summed E-state index contributed by atoms with van der Waals surface area (Å²) in [6, 6.07) is 7.12. The van der Waals surface area contributed by atoms with Crippen molar-refractivity contribution in [1.82, 2.24) is 25.1 Å². The van der Waals surface area contributed by atoms with Gasteiger partial charge >= 0.3 is 0 Å². The SMILES string of the molecule is CCN1CCC(c2cc3c(F)cc(-c4cc(C)c5nc(C)oc5n4)cc3nn2)CC1. The lowest BCUT2D eigenvalue weighted by Gasteiger charge is -2.30. The molecule has 0 bridgehead atoms. The maximum atomic E-state index is 15.1. The van der Waals surface area contributed by atoms with Gasteiger partial charge in [0.25, 0.3) is 0 Å². The van der Waals surface area contributed by atoms with Crippen molar-refractivity contribution in [3.05, 3.63) is 47.2 Å².